The second-order valence-electron chi connectivity index (χ2n) is 4.25. The lowest BCUT2D eigenvalue weighted by Gasteiger charge is -2.07. The summed E-state index contributed by atoms with van der Waals surface area (Å²) in [5, 5.41) is 15.8. The highest BCUT2D eigenvalue weighted by molar-refractivity contribution is 5.99. The number of non-ortho nitro benzene ring substituents is 1. The molecular formula is C14H13N3O3. The average Bonchev–Trinajstić information content (AvgIpc) is 2.41. The fraction of sp³-hybridized carbons (Fsp3) is 0.0714. The Morgan fingerprint density at radius 2 is 1.70 bits per heavy atom. The van der Waals surface area contributed by atoms with Gasteiger partial charge in [0.25, 0.3) is 5.69 Å². The maximum atomic E-state index is 11.8. The van der Waals surface area contributed by atoms with E-state index in [9.17, 15) is 14.9 Å². The average molecular weight is 271 g/mol. The molecular weight excluding hydrogens is 258 g/mol. The van der Waals surface area contributed by atoms with Crippen molar-refractivity contribution in [2.45, 2.75) is 6.92 Å². The number of urea groups is 1. The molecule has 0 radical (unpaired) electrons. The number of hydrogen-bond donors (Lipinski definition) is 2. The van der Waals surface area contributed by atoms with Crippen LogP contribution >= 0.6 is 0 Å². The molecule has 2 amide bonds. The summed E-state index contributed by atoms with van der Waals surface area (Å²) in [4.78, 5) is 21.9. The lowest BCUT2D eigenvalue weighted by atomic mass is 10.2. The van der Waals surface area contributed by atoms with Crippen LogP contribution in [-0.2, 0) is 0 Å². The van der Waals surface area contributed by atoms with Crippen molar-refractivity contribution in [1.29, 1.82) is 0 Å². The van der Waals surface area contributed by atoms with Crippen LogP contribution in [0.5, 0.6) is 0 Å². The maximum Gasteiger partial charge on any atom is 0.323 e. The highest BCUT2D eigenvalue weighted by Crippen LogP contribution is 2.17. The lowest BCUT2D eigenvalue weighted by molar-refractivity contribution is -0.384. The molecule has 0 aliphatic heterocycles. The van der Waals surface area contributed by atoms with Gasteiger partial charge in [-0.2, -0.15) is 0 Å². The summed E-state index contributed by atoms with van der Waals surface area (Å²) in [6.07, 6.45) is 0. The number of amides is 2. The molecule has 102 valence electrons. The van der Waals surface area contributed by atoms with E-state index in [4.69, 9.17) is 0 Å². The first kappa shape index (κ1) is 13.5. The molecule has 0 aliphatic rings. The zero-order valence-electron chi connectivity index (χ0n) is 10.8. The van der Waals surface area contributed by atoms with Crippen LogP contribution in [-0.4, -0.2) is 11.0 Å². The smallest absolute Gasteiger partial charge is 0.308 e. The van der Waals surface area contributed by atoms with Crippen molar-refractivity contribution in [3.8, 4) is 0 Å². The van der Waals surface area contributed by atoms with Crippen LogP contribution in [0.2, 0.25) is 0 Å². The number of nitro benzene ring substituents is 1. The third-order valence-corrected chi connectivity index (χ3v) is 2.62. The molecule has 0 bridgehead atoms. The van der Waals surface area contributed by atoms with Gasteiger partial charge in [0.1, 0.15) is 0 Å². The molecule has 2 N–H and O–H groups in total. The normalized spacial score (nSPS) is 9.85. The van der Waals surface area contributed by atoms with E-state index in [1.807, 2.05) is 19.1 Å². The predicted molar refractivity (Wildman–Crippen MR) is 76.9 cm³/mol. The lowest BCUT2D eigenvalue weighted by Crippen LogP contribution is -2.19. The third kappa shape index (κ3) is 3.55. The van der Waals surface area contributed by atoms with Gasteiger partial charge in [-0.25, -0.2) is 4.79 Å². The van der Waals surface area contributed by atoms with E-state index in [0.29, 0.717) is 11.4 Å². The fourth-order valence-electron chi connectivity index (χ4n) is 1.63. The van der Waals surface area contributed by atoms with E-state index < -0.39 is 11.0 Å². The second kappa shape index (κ2) is 5.83. The van der Waals surface area contributed by atoms with E-state index in [2.05, 4.69) is 10.6 Å². The van der Waals surface area contributed by atoms with Crippen molar-refractivity contribution in [3.05, 3.63) is 64.2 Å². The van der Waals surface area contributed by atoms with E-state index in [0.717, 1.165) is 5.56 Å². The Morgan fingerprint density at radius 1 is 1.05 bits per heavy atom. The van der Waals surface area contributed by atoms with Gasteiger partial charge in [-0.05, 0) is 25.1 Å². The van der Waals surface area contributed by atoms with Gasteiger partial charge in [-0.1, -0.05) is 23.8 Å². The monoisotopic (exact) mass is 271 g/mol. The molecule has 0 saturated carbocycles. The van der Waals surface area contributed by atoms with Gasteiger partial charge in [0, 0.05) is 23.5 Å². The molecule has 0 fully saturated rings. The van der Waals surface area contributed by atoms with Crippen LogP contribution in [0.1, 0.15) is 5.56 Å². The number of nitrogens with one attached hydrogen (secondary N) is 2. The van der Waals surface area contributed by atoms with Crippen molar-refractivity contribution >= 4 is 23.1 Å². The third-order valence-electron chi connectivity index (χ3n) is 2.62. The number of nitro groups is 1. The molecule has 2 aromatic carbocycles. The standard InChI is InChI=1S/C14H13N3O3/c1-10-5-7-11(8-6-10)15-14(18)16-12-3-2-4-13(9-12)17(19)20/h2-9H,1H3,(H2,15,16,18). The van der Waals surface area contributed by atoms with Crippen molar-refractivity contribution in [2.75, 3.05) is 10.6 Å². The number of rotatable bonds is 3. The zero-order chi connectivity index (χ0) is 14.5. The molecule has 20 heavy (non-hydrogen) atoms. The number of anilines is 2. The number of aryl methyl sites for hydroxylation is 1. The summed E-state index contributed by atoms with van der Waals surface area (Å²) in [7, 11) is 0. The molecule has 0 heterocycles. The summed E-state index contributed by atoms with van der Waals surface area (Å²) in [6.45, 7) is 1.95. The van der Waals surface area contributed by atoms with Gasteiger partial charge in [-0.15, -0.1) is 0 Å². The minimum atomic E-state index is -0.511. The Bertz CT molecular complexity index is 638. The molecule has 0 saturated heterocycles. The summed E-state index contributed by atoms with van der Waals surface area (Å²) < 4.78 is 0. The van der Waals surface area contributed by atoms with E-state index in [1.54, 1.807) is 18.2 Å². The van der Waals surface area contributed by atoms with Crippen LogP contribution in [0.3, 0.4) is 0 Å². The zero-order valence-corrected chi connectivity index (χ0v) is 10.8. The van der Waals surface area contributed by atoms with Gasteiger partial charge >= 0.3 is 6.03 Å². The van der Waals surface area contributed by atoms with E-state index in [1.165, 1.54) is 18.2 Å². The minimum absolute atomic E-state index is 0.0712. The maximum absolute atomic E-state index is 11.8. The van der Waals surface area contributed by atoms with Crippen molar-refractivity contribution in [2.24, 2.45) is 0 Å². The van der Waals surface area contributed by atoms with Gasteiger partial charge in [0.2, 0.25) is 0 Å². The van der Waals surface area contributed by atoms with Crippen molar-refractivity contribution in [3.63, 3.8) is 0 Å². The minimum Gasteiger partial charge on any atom is -0.308 e. The van der Waals surface area contributed by atoms with E-state index in [-0.39, 0.29) is 5.69 Å². The predicted octanol–water partition coefficient (Wildman–Crippen LogP) is 3.55. The first-order chi connectivity index (χ1) is 9.54. The first-order valence-corrected chi connectivity index (χ1v) is 5.94. The van der Waals surface area contributed by atoms with Crippen LogP contribution < -0.4 is 10.6 Å². The van der Waals surface area contributed by atoms with Crippen molar-refractivity contribution in [1.82, 2.24) is 0 Å². The van der Waals surface area contributed by atoms with Gasteiger partial charge in [-0.3, -0.25) is 10.1 Å². The second-order valence-corrected chi connectivity index (χ2v) is 4.25. The molecule has 0 aromatic heterocycles. The molecule has 6 nitrogen and oxygen atoms in total. The molecule has 2 rings (SSSR count). The molecule has 0 atom stereocenters. The van der Waals surface area contributed by atoms with Crippen LogP contribution in [0.4, 0.5) is 21.9 Å². The first-order valence-electron chi connectivity index (χ1n) is 5.94. The Morgan fingerprint density at radius 3 is 2.35 bits per heavy atom. The molecule has 2 aromatic rings. The number of hydrogen-bond acceptors (Lipinski definition) is 3. The SMILES string of the molecule is Cc1ccc(NC(=O)Nc2cccc([N+](=O)[O-])c2)cc1. The molecule has 0 unspecified atom stereocenters. The number of nitrogens with zero attached hydrogens (tertiary/aromatic N) is 1. The van der Waals surface area contributed by atoms with Gasteiger partial charge in [0.15, 0.2) is 0 Å². The number of carbonyl (C=O) groups is 1. The topological polar surface area (TPSA) is 84.3 Å². The van der Waals surface area contributed by atoms with Crippen LogP contribution in [0.25, 0.3) is 0 Å². The van der Waals surface area contributed by atoms with Crippen molar-refractivity contribution < 1.29 is 9.72 Å². The highest BCUT2D eigenvalue weighted by atomic mass is 16.6. The largest absolute Gasteiger partial charge is 0.323 e. The van der Waals surface area contributed by atoms with Crippen LogP contribution in [0.15, 0.2) is 48.5 Å². The molecule has 0 aliphatic carbocycles. The highest BCUT2D eigenvalue weighted by Gasteiger charge is 2.08. The quantitative estimate of drug-likeness (QED) is 0.661. The van der Waals surface area contributed by atoms with Gasteiger partial charge in [0.05, 0.1) is 4.92 Å². The molecule has 6 heteroatoms. The Hall–Kier alpha value is -2.89. The summed E-state index contributed by atoms with van der Waals surface area (Å²) in [5.41, 5.74) is 2.04. The molecule has 0 spiro atoms. The summed E-state index contributed by atoms with van der Waals surface area (Å²) >= 11 is 0. The van der Waals surface area contributed by atoms with Crippen LogP contribution in [0, 0.1) is 17.0 Å². The Labute approximate surface area is 115 Å². The number of benzene rings is 2. The van der Waals surface area contributed by atoms with E-state index >= 15 is 0 Å². The Kier molecular flexibility index (Phi) is 3.95. The Balaban J connectivity index is 2.02. The fourth-order valence-corrected chi connectivity index (χ4v) is 1.63. The number of carbonyl (C=O) groups excluding carboxylic acids is 1. The summed E-state index contributed by atoms with van der Waals surface area (Å²) in [5.74, 6) is 0. The van der Waals surface area contributed by atoms with Gasteiger partial charge < -0.3 is 10.6 Å². The summed E-state index contributed by atoms with van der Waals surface area (Å²) in [6, 6.07) is 12.6.